The number of hydrogen-bond acceptors (Lipinski definition) is 8. The van der Waals surface area contributed by atoms with Gasteiger partial charge in [0.2, 0.25) is 0 Å². The molecule has 0 spiro atoms. The number of nitrogens with two attached hydrogens (primary N) is 1. The van der Waals surface area contributed by atoms with Crippen molar-refractivity contribution in [3.05, 3.63) is 64.4 Å². The summed E-state index contributed by atoms with van der Waals surface area (Å²) < 4.78 is 1.52. The molecule has 0 saturated carbocycles. The Morgan fingerprint density at radius 2 is 2.03 bits per heavy atom. The van der Waals surface area contributed by atoms with Gasteiger partial charge in [-0.15, -0.1) is 11.3 Å². The third-order valence-electron chi connectivity index (χ3n) is 6.56. The van der Waals surface area contributed by atoms with E-state index in [2.05, 4.69) is 29.7 Å². The molecular weight excluding hydrogens is 488 g/mol. The lowest BCUT2D eigenvalue weighted by Crippen LogP contribution is -2.42. The summed E-state index contributed by atoms with van der Waals surface area (Å²) in [5.74, 6) is -0.249. The van der Waals surface area contributed by atoms with Gasteiger partial charge in [0.05, 0.1) is 27.8 Å². The lowest BCUT2D eigenvalue weighted by Gasteiger charge is -2.33. The van der Waals surface area contributed by atoms with E-state index in [0.717, 1.165) is 28.0 Å². The zero-order valence-corrected chi connectivity index (χ0v) is 22.2. The minimum absolute atomic E-state index is 0.0488. The van der Waals surface area contributed by atoms with E-state index in [1.807, 2.05) is 12.2 Å². The van der Waals surface area contributed by atoms with Crippen molar-refractivity contribution in [3.8, 4) is 0 Å². The first-order chi connectivity index (χ1) is 17.7. The maximum atomic E-state index is 12.7. The Balaban J connectivity index is 1.73. The minimum atomic E-state index is -1.03. The summed E-state index contributed by atoms with van der Waals surface area (Å²) >= 11 is 1.53. The lowest BCUT2D eigenvalue weighted by atomic mass is 9.89. The predicted octanol–water partition coefficient (Wildman–Crippen LogP) is 4.12. The van der Waals surface area contributed by atoms with Crippen molar-refractivity contribution in [2.75, 3.05) is 18.8 Å². The molecule has 0 aliphatic carbocycles. The van der Waals surface area contributed by atoms with Crippen LogP contribution in [0.1, 0.15) is 72.4 Å². The molecule has 4 rings (SSSR count). The molecule has 0 radical (unpaired) electrons. The Bertz CT molecular complexity index is 1380. The highest BCUT2D eigenvalue weighted by Crippen LogP contribution is 2.34. The maximum Gasteiger partial charge on any atom is 0.251 e. The Hall–Kier alpha value is -3.63. The SMILES string of the molecule is C=C(C=CC(=CCC)c1cnn2c(N)c(C(C)=O)c(C3CCN(C(=O)C(C)O)CC3)nc12)c1cncs1. The van der Waals surface area contributed by atoms with E-state index in [4.69, 9.17) is 10.7 Å². The number of carbonyl (C=O) groups is 2. The topological polar surface area (TPSA) is 127 Å². The first-order valence-corrected chi connectivity index (χ1v) is 13.2. The Morgan fingerprint density at radius 1 is 1.30 bits per heavy atom. The van der Waals surface area contributed by atoms with Crippen molar-refractivity contribution in [3.63, 3.8) is 0 Å². The summed E-state index contributed by atoms with van der Waals surface area (Å²) in [6.07, 6.45) is 10.5. The average Bonchev–Trinajstić information content (AvgIpc) is 3.56. The fraction of sp³-hybridized carbons (Fsp3) is 0.370. The van der Waals surface area contributed by atoms with Gasteiger partial charge in [0, 0.05) is 30.8 Å². The maximum absolute atomic E-state index is 12.7. The molecule has 0 aromatic carbocycles. The zero-order chi connectivity index (χ0) is 26.7. The summed E-state index contributed by atoms with van der Waals surface area (Å²) in [7, 11) is 0. The zero-order valence-electron chi connectivity index (χ0n) is 21.3. The van der Waals surface area contributed by atoms with Gasteiger partial charge in [-0.05, 0) is 44.3 Å². The van der Waals surface area contributed by atoms with Gasteiger partial charge >= 0.3 is 0 Å². The molecule has 194 valence electrons. The van der Waals surface area contributed by atoms with Crippen LogP contribution in [0.3, 0.4) is 0 Å². The van der Waals surface area contributed by atoms with Crippen molar-refractivity contribution in [1.82, 2.24) is 24.5 Å². The number of fused-ring (bicyclic) bond motifs is 1. The molecule has 1 aliphatic rings. The van der Waals surface area contributed by atoms with Crippen molar-refractivity contribution < 1.29 is 14.7 Å². The monoisotopic (exact) mass is 520 g/mol. The highest BCUT2D eigenvalue weighted by atomic mass is 32.1. The molecule has 3 aromatic rings. The van der Waals surface area contributed by atoms with Crippen LogP contribution in [0.4, 0.5) is 5.82 Å². The molecular formula is C27H32N6O3S. The number of thiazole rings is 1. The number of aromatic nitrogens is 4. The third kappa shape index (κ3) is 5.40. The first-order valence-electron chi connectivity index (χ1n) is 12.3. The summed E-state index contributed by atoms with van der Waals surface area (Å²) in [6, 6.07) is 0. The predicted molar refractivity (Wildman–Crippen MR) is 146 cm³/mol. The van der Waals surface area contributed by atoms with Gasteiger partial charge in [0.1, 0.15) is 11.9 Å². The van der Waals surface area contributed by atoms with Gasteiger partial charge in [-0.3, -0.25) is 14.6 Å². The van der Waals surface area contributed by atoms with E-state index in [0.29, 0.717) is 42.8 Å². The second-order valence-corrected chi connectivity index (χ2v) is 10.1. The number of aliphatic hydroxyl groups is 1. The number of ketones is 1. The van der Waals surface area contributed by atoms with Crippen LogP contribution < -0.4 is 5.73 Å². The summed E-state index contributed by atoms with van der Waals surface area (Å²) in [4.78, 5) is 36.6. The number of rotatable bonds is 8. The fourth-order valence-electron chi connectivity index (χ4n) is 4.66. The van der Waals surface area contributed by atoms with Crippen molar-refractivity contribution >= 4 is 45.6 Å². The summed E-state index contributed by atoms with van der Waals surface area (Å²) in [5, 5.41) is 14.1. The largest absolute Gasteiger partial charge is 0.384 e. The van der Waals surface area contributed by atoms with E-state index < -0.39 is 6.10 Å². The van der Waals surface area contributed by atoms with Crippen LogP contribution in [0.25, 0.3) is 16.8 Å². The molecule has 37 heavy (non-hydrogen) atoms. The Morgan fingerprint density at radius 3 is 2.62 bits per heavy atom. The average molecular weight is 521 g/mol. The number of nitrogens with zero attached hydrogens (tertiary/aromatic N) is 5. The quantitative estimate of drug-likeness (QED) is 0.338. The molecule has 4 heterocycles. The molecule has 1 unspecified atom stereocenters. The van der Waals surface area contributed by atoms with Crippen molar-refractivity contribution in [1.29, 1.82) is 0 Å². The van der Waals surface area contributed by atoms with Crippen LogP contribution in [-0.4, -0.2) is 60.5 Å². The highest BCUT2D eigenvalue weighted by Gasteiger charge is 2.31. The molecule has 9 nitrogen and oxygen atoms in total. The van der Waals surface area contributed by atoms with Crippen LogP contribution >= 0.6 is 11.3 Å². The molecule has 3 aromatic heterocycles. The lowest BCUT2D eigenvalue weighted by molar-refractivity contribution is -0.140. The summed E-state index contributed by atoms with van der Waals surface area (Å²) in [5.41, 5.74) is 12.4. The van der Waals surface area contributed by atoms with Gasteiger partial charge in [0.15, 0.2) is 11.4 Å². The number of aliphatic hydroxyl groups excluding tert-OH is 1. The van der Waals surface area contributed by atoms with Crippen LogP contribution in [0, 0.1) is 0 Å². The molecule has 3 N–H and O–H groups in total. The molecule has 1 aliphatic heterocycles. The number of piperidine rings is 1. The molecule has 10 heteroatoms. The van der Waals surface area contributed by atoms with Gasteiger partial charge < -0.3 is 15.7 Å². The Kier molecular flexibility index (Phi) is 7.99. The van der Waals surface area contributed by atoms with Crippen LogP contribution in [0.5, 0.6) is 0 Å². The van der Waals surface area contributed by atoms with Gasteiger partial charge in [-0.1, -0.05) is 31.7 Å². The molecule has 1 atom stereocenters. The molecule has 1 saturated heterocycles. The molecule has 0 bridgehead atoms. The van der Waals surface area contributed by atoms with E-state index in [1.165, 1.54) is 29.7 Å². The number of likely N-dealkylation sites (tertiary alicyclic amines) is 1. The number of nitrogen functional groups attached to an aromatic ring is 1. The number of carbonyl (C=O) groups excluding carboxylic acids is 2. The number of Topliss-reactive ketones (excluding diaryl/α,β-unsaturated/α-hetero) is 1. The number of hydrogen-bond donors (Lipinski definition) is 2. The normalized spacial score (nSPS) is 16.0. The highest BCUT2D eigenvalue weighted by molar-refractivity contribution is 7.10. The van der Waals surface area contributed by atoms with Crippen molar-refractivity contribution in [2.24, 2.45) is 0 Å². The fourth-order valence-corrected chi connectivity index (χ4v) is 5.24. The van der Waals surface area contributed by atoms with Crippen molar-refractivity contribution in [2.45, 2.75) is 52.1 Å². The van der Waals surface area contributed by atoms with E-state index in [9.17, 15) is 14.7 Å². The first kappa shape index (κ1) is 26.4. The number of anilines is 1. The number of amides is 1. The summed E-state index contributed by atoms with van der Waals surface area (Å²) in [6.45, 7) is 10.1. The number of allylic oxidation sites excluding steroid dienone is 5. The van der Waals surface area contributed by atoms with Gasteiger partial charge in [-0.2, -0.15) is 9.61 Å². The minimum Gasteiger partial charge on any atom is -0.384 e. The smallest absolute Gasteiger partial charge is 0.251 e. The van der Waals surface area contributed by atoms with E-state index in [1.54, 1.807) is 22.8 Å². The van der Waals surface area contributed by atoms with Gasteiger partial charge in [0.25, 0.3) is 5.91 Å². The molecule has 1 fully saturated rings. The van der Waals surface area contributed by atoms with E-state index >= 15 is 0 Å². The standard InChI is InChI=1S/C27H32N6O3S/c1-5-6-19(8-7-16(2)22-14-29-15-37-22)21-13-30-33-25(28)23(17(3)34)24(31-26(21)33)20-9-11-32(12-10-20)27(36)18(4)35/h6-8,13-15,18,20,35H,2,5,9-12,28H2,1,3-4H3. The second-order valence-electron chi connectivity index (χ2n) is 9.17. The van der Waals surface area contributed by atoms with Gasteiger partial charge in [-0.25, -0.2) is 4.98 Å². The van der Waals surface area contributed by atoms with E-state index in [-0.39, 0.29) is 23.4 Å². The van der Waals surface area contributed by atoms with Crippen LogP contribution in [0.2, 0.25) is 0 Å². The van der Waals surface area contributed by atoms with Crippen LogP contribution in [-0.2, 0) is 4.79 Å². The molecule has 1 amide bonds. The van der Waals surface area contributed by atoms with Crippen LogP contribution in [0.15, 0.2) is 42.7 Å². The second kappa shape index (κ2) is 11.2. The Labute approximate surface area is 220 Å². The third-order valence-corrected chi connectivity index (χ3v) is 7.41.